The molecule has 0 fully saturated rings. The number of aliphatic imine (C=N–C) groups is 1. The van der Waals surface area contributed by atoms with Gasteiger partial charge in [-0.25, -0.2) is 0 Å². The van der Waals surface area contributed by atoms with Gasteiger partial charge >= 0.3 is 5.97 Å². The van der Waals surface area contributed by atoms with Gasteiger partial charge in [0.15, 0.2) is 0 Å². The Morgan fingerprint density at radius 2 is 1.86 bits per heavy atom. The first-order valence-corrected chi connectivity index (χ1v) is 11.5. The summed E-state index contributed by atoms with van der Waals surface area (Å²) in [5, 5.41) is 4.45. The second-order valence-electron chi connectivity index (χ2n) is 8.51. The van der Waals surface area contributed by atoms with Crippen molar-refractivity contribution in [3.05, 3.63) is 91.1 Å². The summed E-state index contributed by atoms with van der Waals surface area (Å²) in [6.45, 7) is 2.61. The van der Waals surface area contributed by atoms with E-state index in [1.807, 2.05) is 36.4 Å². The lowest BCUT2D eigenvalue weighted by Gasteiger charge is -2.25. The summed E-state index contributed by atoms with van der Waals surface area (Å²) in [5.74, 6) is 1.17. The van der Waals surface area contributed by atoms with Gasteiger partial charge in [-0.05, 0) is 60.0 Å². The van der Waals surface area contributed by atoms with E-state index < -0.39 is 0 Å². The van der Waals surface area contributed by atoms with Crippen LogP contribution in [0, 0.1) is 11.8 Å². The van der Waals surface area contributed by atoms with Crippen LogP contribution in [0.5, 0.6) is 5.75 Å². The monoisotopic (exact) mass is 466 g/mol. The van der Waals surface area contributed by atoms with Gasteiger partial charge in [0.25, 0.3) is 0 Å². The van der Waals surface area contributed by atoms with Gasteiger partial charge in [-0.1, -0.05) is 25.2 Å². The summed E-state index contributed by atoms with van der Waals surface area (Å²) in [6.07, 6.45) is 15.8. The number of dihydropyridines is 1. The molecule has 2 unspecified atom stereocenters. The van der Waals surface area contributed by atoms with Crippen LogP contribution in [-0.2, 0) is 16.1 Å². The van der Waals surface area contributed by atoms with Crippen LogP contribution in [0.25, 0.3) is 22.4 Å². The van der Waals surface area contributed by atoms with Crippen molar-refractivity contribution in [3.8, 4) is 28.1 Å². The van der Waals surface area contributed by atoms with Crippen molar-refractivity contribution in [2.24, 2.45) is 16.8 Å². The summed E-state index contributed by atoms with van der Waals surface area (Å²) in [4.78, 5) is 20.8. The number of pyridine rings is 1. The van der Waals surface area contributed by atoms with Gasteiger partial charge in [0.05, 0.1) is 24.7 Å². The molecular formula is C28H26N4O3. The van der Waals surface area contributed by atoms with Crippen LogP contribution >= 0.6 is 0 Å². The molecule has 2 aliphatic rings. The molecular weight excluding hydrogens is 440 g/mol. The van der Waals surface area contributed by atoms with Crippen molar-refractivity contribution in [2.75, 3.05) is 13.7 Å². The van der Waals surface area contributed by atoms with Crippen LogP contribution in [0.3, 0.4) is 0 Å². The molecule has 0 saturated heterocycles. The fraction of sp³-hybridized carbons (Fsp3) is 0.214. The van der Waals surface area contributed by atoms with Crippen molar-refractivity contribution in [1.82, 2.24) is 14.8 Å². The Morgan fingerprint density at radius 3 is 2.63 bits per heavy atom. The Balaban J connectivity index is 1.35. The molecule has 0 saturated carbocycles. The molecule has 3 heterocycles. The van der Waals surface area contributed by atoms with E-state index in [0.717, 1.165) is 39.5 Å². The highest BCUT2D eigenvalue weighted by atomic mass is 16.5. The molecule has 5 rings (SSSR count). The zero-order valence-electron chi connectivity index (χ0n) is 19.7. The fourth-order valence-corrected chi connectivity index (χ4v) is 4.32. The van der Waals surface area contributed by atoms with Crippen molar-refractivity contribution < 1.29 is 14.3 Å². The molecule has 0 amide bonds. The summed E-state index contributed by atoms with van der Waals surface area (Å²) < 4.78 is 12.5. The van der Waals surface area contributed by atoms with Crippen molar-refractivity contribution in [1.29, 1.82) is 0 Å². The van der Waals surface area contributed by atoms with E-state index in [-0.39, 0.29) is 12.5 Å². The van der Waals surface area contributed by atoms with Crippen LogP contribution in [0.15, 0.2) is 96.1 Å². The van der Waals surface area contributed by atoms with Crippen LogP contribution in [0.4, 0.5) is 0 Å². The first-order valence-electron chi connectivity index (χ1n) is 11.5. The van der Waals surface area contributed by atoms with E-state index in [4.69, 9.17) is 14.5 Å². The number of carbonyl (C=O) groups excluding carboxylic acids is 1. The summed E-state index contributed by atoms with van der Waals surface area (Å²) in [5.41, 5.74) is 5.59. The molecule has 2 atom stereocenters. The minimum atomic E-state index is -0.364. The second kappa shape index (κ2) is 9.93. The summed E-state index contributed by atoms with van der Waals surface area (Å²) >= 11 is 0. The van der Waals surface area contributed by atoms with Gasteiger partial charge in [-0.15, -0.1) is 0 Å². The third kappa shape index (κ3) is 4.84. The lowest BCUT2D eigenvalue weighted by atomic mass is 9.85. The number of ether oxygens (including phenoxy) is 2. The van der Waals surface area contributed by atoms with Gasteiger partial charge in [0.2, 0.25) is 0 Å². The minimum Gasteiger partial charge on any atom is -0.487 e. The van der Waals surface area contributed by atoms with Crippen molar-refractivity contribution in [3.63, 3.8) is 0 Å². The minimum absolute atomic E-state index is 0.0198. The van der Waals surface area contributed by atoms with E-state index in [9.17, 15) is 4.79 Å². The molecule has 0 bridgehead atoms. The third-order valence-electron chi connectivity index (χ3n) is 6.21. The highest BCUT2D eigenvalue weighted by Gasteiger charge is 2.22. The normalized spacial score (nSPS) is 18.5. The largest absolute Gasteiger partial charge is 0.487 e. The molecule has 2 aromatic heterocycles. The number of hydrogen-bond acceptors (Lipinski definition) is 6. The highest BCUT2D eigenvalue weighted by Crippen LogP contribution is 2.33. The number of methoxy groups -OCH3 is 1. The molecule has 3 aromatic rings. The molecule has 7 nitrogen and oxygen atoms in total. The van der Waals surface area contributed by atoms with E-state index >= 15 is 0 Å². The number of hydrogen-bond donors (Lipinski definition) is 0. The van der Waals surface area contributed by atoms with Gasteiger partial charge in [0, 0.05) is 35.1 Å². The molecule has 0 spiro atoms. The van der Waals surface area contributed by atoms with Crippen LogP contribution in [-0.4, -0.2) is 40.2 Å². The number of carbonyl (C=O) groups is 1. The Kier molecular flexibility index (Phi) is 6.39. The molecule has 7 heteroatoms. The van der Waals surface area contributed by atoms with E-state index in [0.29, 0.717) is 18.4 Å². The average molecular weight is 467 g/mol. The number of esters is 1. The average Bonchev–Trinajstić information content (AvgIpc) is 3.31. The Bertz CT molecular complexity index is 1330. The first-order chi connectivity index (χ1) is 17.1. The smallest absolute Gasteiger partial charge is 0.327 e. The number of aromatic nitrogens is 3. The zero-order valence-corrected chi connectivity index (χ0v) is 19.7. The lowest BCUT2D eigenvalue weighted by Crippen LogP contribution is -2.19. The third-order valence-corrected chi connectivity index (χ3v) is 6.21. The SMILES string of the molecule is COC(=O)Cn1ncc(-c2ccncc2)c1-c1ccc(OCC2=NC3=CC=CC(C)C3C=C2)cc1. The number of allylic oxidation sites excluding steroid dienone is 4. The maximum atomic E-state index is 12.0. The maximum Gasteiger partial charge on any atom is 0.327 e. The fourth-order valence-electron chi connectivity index (χ4n) is 4.32. The number of nitrogens with zero attached hydrogens (tertiary/aromatic N) is 4. The lowest BCUT2D eigenvalue weighted by molar-refractivity contribution is -0.141. The molecule has 1 aromatic carbocycles. The second-order valence-corrected chi connectivity index (χ2v) is 8.51. The Hall–Kier alpha value is -4.26. The van der Waals surface area contributed by atoms with Gasteiger partial charge < -0.3 is 9.47 Å². The van der Waals surface area contributed by atoms with Crippen LogP contribution in [0.2, 0.25) is 0 Å². The molecule has 176 valence electrons. The van der Waals surface area contributed by atoms with Gasteiger partial charge in [-0.2, -0.15) is 5.10 Å². The van der Waals surface area contributed by atoms with Crippen LogP contribution < -0.4 is 4.74 Å². The number of rotatable bonds is 7. The maximum absolute atomic E-state index is 12.0. The number of fused-ring (bicyclic) bond motifs is 1. The highest BCUT2D eigenvalue weighted by molar-refractivity contribution is 5.98. The van der Waals surface area contributed by atoms with E-state index in [1.165, 1.54) is 7.11 Å². The Labute approximate surface area is 204 Å². The van der Waals surface area contributed by atoms with E-state index in [1.54, 1.807) is 23.3 Å². The predicted molar refractivity (Wildman–Crippen MR) is 135 cm³/mol. The standard InChI is InChI=1S/C28H26N4O3/c1-19-4-3-5-26-24(19)11-8-22(31-26)18-35-23-9-6-21(7-10-23)28-25(20-12-14-29-15-13-20)16-30-32(28)17-27(33)34-2/h3-16,19,24H,17-18H2,1-2H3. The van der Waals surface area contributed by atoms with Gasteiger partial charge in [-0.3, -0.25) is 19.5 Å². The van der Waals surface area contributed by atoms with Crippen LogP contribution in [0.1, 0.15) is 6.92 Å². The summed E-state index contributed by atoms with van der Waals surface area (Å²) in [7, 11) is 1.37. The Morgan fingerprint density at radius 1 is 1.06 bits per heavy atom. The first kappa shape index (κ1) is 22.5. The molecule has 0 N–H and O–H groups in total. The molecule has 1 aliphatic heterocycles. The topological polar surface area (TPSA) is 78.6 Å². The quantitative estimate of drug-likeness (QED) is 0.464. The molecule has 1 aliphatic carbocycles. The van der Waals surface area contributed by atoms with Crippen molar-refractivity contribution >= 4 is 11.7 Å². The molecule has 0 radical (unpaired) electrons. The predicted octanol–water partition coefficient (Wildman–Crippen LogP) is 4.88. The molecule has 35 heavy (non-hydrogen) atoms. The van der Waals surface area contributed by atoms with Crippen molar-refractivity contribution in [2.45, 2.75) is 13.5 Å². The van der Waals surface area contributed by atoms with E-state index in [2.05, 4.69) is 47.4 Å². The zero-order chi connectivity index (χ0) is 24.2. The van der Waals surface area contributed by atoms with Gasteiger partial charge in [0.1, 0.15) is 18.9 Å². The summed E-state index contributed by atoms with van der Waals surface area (Å²) in [6, 6.07) is 11.6. The number of benzene rings is 1.